The average molecular weight is 329 g/mol. The van der Waals surface area contributed by atoms with Crippen LogP contribution in [0.15, 0.2) is 35.9 Å². The normalized spacial score (nSPS) is 16.3. The molecule has 0 aromatic heterocycles. The van der Waals surface area contributed by atoms with Gasteiger partial charge in [0.2, 0.25) is 0 Å². The first-order chi connectivity index (χ1) is 9.97. The number of rotatable bonds is 5. The van der Waals surface area contributed by atoms with Gasteiger partial charge in [-0.2, -0.15) is 0 Å². The molecule has 1 aliphatic heterocycles. The predicted octanol–water partition coefficient (Wildman–Crippen LogP) is 1.77. The predicted molar refractivity (Wildman–Crippen MR) is 82.1 cm³/mol. The first-order valence-corrected chi connectivity index (χ1v) is 6.54. The molecule has 22 heavy (non-hydrogen) atoms. The lowest BCUT2D eigenvalue weighted by atomic mass is 10.1. The Kier molecular flexibility index (Phi) is 6.48. The van der Waals surface area contributed by atoms with Gasteiger partial charge in [0.05, 0.1) is 11.0 Å². The highest BCUT2D eigenvalue weighted by molar-refractivity contribution is 5.86. The van der Waals surface area contributed by atoms with Crippen LogP contribution in [0.2, 0.25) is 0 Å². The Balaban J connectivity index is 0.00000242. The number of halogens is 1. The highest BCUT2D eigenvalue weighted by atomic mass is 35.5. The van der Waals surface area contributed by atoms with Crippen molar-refractivity contribution in [1.29, 1.82) is 0 Å². The van der Waals surface area contributed by atoms with Gasteiger partial charge in [0.1, 0.15) is 0 Å². The number of non-ortho nitro benzene ring substituents is 1. The zero-order valence-electron chi connectivity index (χ0n) is 11.7. The maximum atomic E-state index is 10.8. The Morgan fingerprint density at radius 3 is 2.45 bits per heavy atom. The molecule has 0 amide bonds. The minimum atomic E-state index is -0.898. The molecule has 0 fully saturated rings. The van der Waals surface area contributed by atoms with E-state index in [1.54, 1.807) is 6.08 Å². The number of nitro benzene ring substituents is 1. The number of aliphatic hydroxyl groups is 1. The largest absolute Gasteiger partial charge is 0.478 e. The van der Waals surface area contributed by atoms with Crippen LogP contribution in [0.1, 0.15) is 18.1 Å². The van der Waals surface area contributed by atoms with E-state index in [1.165, 1.54) is 24.3 Å². The molecule has 1 aromatic rings. The van der Waals surface area contributed by atoms with E-state index in [4.69, 9.17) is 5.11 Å². The molecule has 0 saturated carbocycles. The molecular weight excluding hydrogens is 312 g/mol. The summed E-state index contributed by atoms with van der Waals surface area (Å²) in [5.74, 6) is -0.898. The molecule has 1 atom stereocenters. The van der Waals surface area contributed by atoms with E-state index < -0.39 is 17.0 Å². The van der Waals surface area contributed by atoms with E-state index in [1.807, 2.05) is 4.90 Å². The number of β-amino-alcohol motifs (C(OH)–C–C–N with tert-alkyl or cyclic N) is 1. The Labute approximate surface area is 133 Å². The Hall–Kier alpha value is -1.96. The minimum absolute atomic E-state index is 0. The monoisotopic (exact) mass is 328 g/mol. The highest BCUT2D eigenvalue weighted by Crippen LogP contribution is 2.20. The number of carbonyl (C=O) groups is 1. The van der Waals surface area contributed by atoms with Crippen LogP contribution in [0.25, 0.3) is 0 Å². The summed E-state index contributed by atoms with van der Waals surface area (Å²) in [6, 6.07) is 5.78. The molecule has 0 saturated heterocycles. The zero-order chi connectivity index (χ0) is 15.4. The van der Waals surface area contributed by atoms with Gasteiger partial charge in [-0.25, -0.2) is 4.79 Å². The number of hydrogen-bond acceptors (Lipinski definition) is 5. The van der Waals surface area contributed by atoms with Crippen molar-refractivity contribution in [2.75, 3.05) is 19.6 Å². The number of nitro groups is 1. The van der Waals surface area contributed by atoms with E-state index in [2.05, 4.69) is 0 Å². The van der Waals surface area contributed by atoms with Crippen molar-refractivity contribution >= 4 is 24.1 Å². The molecule has 2 N–H and O–H groups in total. The summed E-state index contributed by atoms with van der Waals surface area (Å²) >= 11 is 0. The molecule has 2 rings (SSSR count). The number of aliphatic hydroxyl groups excluding tert-OH is 1. The molecule has 0 spiro atoms. The number of carboxylic acid groups (broad SMARTS) is 1. The van der Waals surface area contributed by atoms with Crippen molar-refractivity contribution in [3.63, 3.8) is 0 Å². The maximum Gasteiger partial charge on any atom is 0.331 e. The summed E-state index contributed by atoms with van der Waals surface area (Å²) in [7, 11) is 0. The third kappa shape index (κ3) is 4.52. The quantitative estimate of drug-likeness (QED) is 0.630. The molecule has 1 heterocycles. The van der Waals surface area contributed by atoms with E-state index in [9.17, 15) is 20.0 Å². The lowest BCUT2D eigenvalue weighted by Crippen LogP contribution is -2.33. The fourth-order valence-electron chi connectivity index (χ4n) is 2.24. The van der Waals surface area contributed by atoms with E-state index >= 15 is 0 Å². The Bertz CT molecular complexity index is 573. The number of nitrogens with zero attached hydrogens (tertiary/aromatic N) is 2. The van der Waals surface area contributed by atoms with Crippen molar-refractivity contribution in [1.82, 2.24) is 4.90 Å². The summed E-state index contributed by atoms with van der Waals surface area (Å²) < 4.78 is 0. The van der Waals surface area contributed by atoms with Crippen LogP contribution in [-0.4, -0.2) is 45.6 Å². The summed E-state index contributed by atoms with van der Waals surface area (Å²) in [5.41, 5.74) is 0.989. The fraction of sp³-hybridized carbons (Fsp3) is 0.357. The van der Waals surface area contributed by atoms with Gasteiger partial charge in [0.25, 0.3) is 5.69 Å². The molecule has 120 valence electrons. The second-order valence-corrected chi connectivity index (χ2v) is 4.91. The molecular formula is C14H17ClN2O5. The van der Waals surface area contributed by atoms with Crippen molar-refractivity contribution in [3.8, 4) is 0 Å². The number of benzene rings is 1. The van der Waals surface area contributed by atoms with Crippen LogP contribution < -0.4 is 0 Å². The zero-order valence-corrected chi connectivity index (χ0v) is 12.5. The topological polar surface area (TPSA) is 104 Å². The number of hydrogen-bond donors (Lipinski definition) is 2. The minimum Gasteiger partial charge on any atom is -0.478 e. The first kappa shape index (κ1) is 18.1. The summed E-state index contributed by atoms with van der Waals surface area (Å²) in [4.78, 5) is 22.8. The van der Waals surface area contributed by atoms with Gasteiger partial charge in [-0.15, -0.1) is 12.4 Å². The van der Waals surface area contributed by atoms with Gasteiger partial charge in [-0.3, -0.25) is 15.0 Å². The lowest BCUT2D eigenvalue weighted by Gasteiger charge is -2.27. The summed E-state index contributed by atoms with van der Waals surface area (Å²) in [5, 5.41) is 29.6. The van der Waals surface area contributed by atoms with Crippen molar-refractivity contribution in [2.24, 2.45) is 0 Å². The van der Waals surface area contributed by atoms with Gasteiger partial charge >= 0.3 is 5.97 Å². The number of carboxylic acids is 1. The van der Waals surface area contributed by atoms with Gasteiger partial charge in [-0.1, -0.05) is 6.08 Å². The molecule has 7 nitrogen and oxygen atoms in total. The van der Waals surface area contributed by atoms with Crippen molar-refractivity contribution < 1.29 is 19.9 Å². The molecule has 1 aliphatic rings. The molecule has 1 aromatic carbocycles. The first-order valence-electron chi connectivity index (χ1n) is 6.54. The van der Waals surface area contributed by atoms with Crippen molar-refractivity contribution in [3.05, 3.63) is 51.6 Å². The van der Waals surface area contributed by atoms with Crippen LogP contribution in [0, 0.1) is 10.1 Å². The second kappa shape index (κ2) is 7.88. The molecule has 0 bridgehead atoms. The van der Waals surface area contributed by atoms with E-state index in [-0.39, 0.29) is 18.1 Å². The summed E-state index contributed by atoms with van der Waals surface area (Å²) in [6.45, 7) is 1.41. The van der Waals surface area contributed by atoms with Crippen LogP contribution in [0.3, 0.4) is 0 Å². The van der Waals surface area contributed by atoms with Gasteiger partial charge in [0.15, 0.2) is 0 Å². The van der Waals surface area contributed by atoms with Crippen LogP contribution >= 0.6 is 12.4 Å². The third-order valence-electron chi connectivity index (χ3n) is 3.49. The summed E-state index contributed by atoms with van der Waals surface area (Å²) in [6.07, 6.45) is 1.34. The van der Waals surface area contributed by atoms with E-state index in [0.29, 0.717) is 37.2 Å². The Morgan fingerprint density at radius 2 is 2.00 bits per heavy atom. The smallest absolute Gasteiger partial charge is 0.331 e. The molecule has 8 heteroatoms. The van der Waals surface area contributed by atoms with E-state index in [0.717, 1.165) is 0 Å². The average Bonchev–Trinajstić information content (AvgIpc) is 2.47. The second-order valence-electron chi connectivity index (χ2n) is 4.91. The van der Waals surface area contributed by atoms with Crippen LogP contribution in [-0.2, 0) is 4.79 Å². The maximum absolute atomic E-state index is 10.8. The molecule has 0 radical (unpaired) electrons. The molecule has 1 unspecified atom stereocenters. The van der Waals surface area contributed by atoms with Gasteiger partial charge < -0.3 is 10.2 Å². The van der Waals surface area contributed by atoms with Crippen LogP contribution in [0.4, 0.5) is 5.69 Å². The molecule has 0 aliphatic carbocycles. The number of aliphatic carboxylic acids is 1. The third-order valence-corrected chi connectivity index (χ3v) is 3.49. The lowest BCUT2D eigenvalue weighted by molar-refractivity contribution is -0.384. The standard InChI is InChI=1S/C14H16N2O5.ClH/c17-13(10-1-3-12(4-2-10)16(20)21)9-15-7-5-11(6-8-15)14(18)19;/h1-5,13,17H,6-9H2,(H,18,19);1H. The fourth-order valence-corrected chi connectivity index (χ4v) is 2.24. The SMILES string of the molecule is Cl.O=C(O)C1=CCN(CC(O)c2ccc([N+](=O)[O-])cc2)CC1. The van der Waals surface area contributed by atoms with Gasteiger partial charge in [0, 0.05) is 37.3 Å². The highest BCUT2D eigenvalue weighted by Gasteiger charge is 2.19. The van der Waals surface area contributed by atoms with Crippen molar-refractivity contribution in [2.45, 2.75) is 12.5 Å². The van der Waals surface area contributed by atoms with Gasteiger partial charge in [-0.05, 0) is 24.1 Å². The Morgan fingerprint density at radius 1 is 1.36 bits per heavy atom. The van der Waals surface area contributed by atoms with Crippen LogP contribution in [0.5, 0.6) is 0 Å².